The second-order valence-corrected chi connectivity index (χ2v) is 10.1. The SMILES string of the molecule is C=C/C=C(\C=C/C)NC(=O)c1[nH]c2ccc(NCc3ccc(C(C)(C)C)cc3)cc2c1-c1ccccc1. The van der Waals surface area contributed by atoms with Gasteiger partial charge in [-0.15, -0.1) is 0 Å². The van der Waals surface area contributed by atoms with Gasteiger partial charge in [-0.25, -0.2) is 0 Å². The maximum Gasteiger partial charge on any atom is 0.272 e. The van der Waals surface area contributed by atoms with Crippen LogP contribution in [-0.4, -0.2) is 10.9 Å². The molecule has 1 amide bonds. The minimum Gasteiger partial charge on any atom is -0.381 e. The lowest BCUT2D eigenvalue weighted by atomic mass is 9.87. The first-order valence-electron chi connectivity index (χ1n) is 12.6. The van der Waals surface area contributed by atoms with E-state index in [1.54, 1.807) is 12.2 Å². The van der Waals surface area contributed by atoms with E-state index in [0.717, 1.165) is 27.7 Å². The van der Waals surface area contributed by atoms with Gasteiger partial charge >= 0.3 is 0 Å². The maximum atomic E-state index is 13.4. The Morgan fingerprint density at radius 1 is 1.00 bits per heavy atom. The normalized spacial score (nSPS) is 12.2. The number of carbonyl (C=O) groups excluding carboxylic acids is 1. The van der Waals surface area contributed by atoms with E-state index in [4.69, 9.17) is 0 Å². The van der Waals surface area contributed by atoms with Crippen LogP contribution in [0.2, 0.25) is 0 Å². The minimum absolute atomic E-state index is 0.137. The lowest BCUT2D eigenvalue weighted by Gasteiger charge is -2.19. The summed E-state index contributed by atoms with van der Waals surface area (Å²) in [6.07, 6.45) is 7.17. The molecule has 1 aromatic heterocycles. The highest BCUT2D eigenvalue weighted by atomic mass is 16.1. The molecular weight excluding hydrogens is 454 g/mol. The molecule has 37 heavy (non-hydrogen) atoms. The van der Waals surface area contributed by atoms with Crippen molar-refractivity contribution in [2.75, 3.05) is 5.32 Å². The molecule has 0 aliphatic heterocycles. The first kappa shape index (κ1) is 25.8. The average Bonchev–Trinajstić information content (AvgIpc) is 3.27. The van der Waals surface area contributed by atoms with Crippen molar-refractivity contribution in [2.24, 2.45) is 0 Å². The highest BCUT2D eigenvalue weighted by molar-refractivity contribution is 6.10. The highest BCUT2D eigenvalue weighted by Crippen LogP contribution is 2.34. The van der Waals surface area contributed by atoms with Crippen LogP contribution in [0.3, 0.4) is 0 Å². The molecule has 0 aliphatic rings. The van der Waals surface area contributed by atoms with Gasteiger partial charge in [0.15, 0.2) is 0 Å². The zero-order valence-corrected chi connectivity index (χ0v) is 22.1. The summed E-state index contributed by atoms with van der Waals surface area (Å²) in [6, 6.07) is 25.0. The maximum absolute atomic E-state index is 13.4. The Hall–Kier alpha value is -4.31. The van der Waals surface area contributed by atoms with Crippen LogP contribution in [0.15, 0.2) is 109 Å². The molecule has 0 fully saturated rings. The summed E-state index contributed by atoms with van der Waals surface area (Å²) in [5, 5.41) is 7.54. The molecule has 4 heteroatoms. The van der Waals surface area contributed by atoms with Crippen LogP contribution >= 0.6 is 0 Å². The third-order valence-corrected chi connectivity index (χ3v) is 6.31. The molecule has 3 aromatic carbocycles. The topological polar surface area (TPSA) is 56.9 Å². The lowest BCUT2D eigenvalue weighted by Crippen LogP contribution is -2.22. The van der Waals surface area contributed by atoms with Crippen LogP contribution in [-0.2, 0) is 12.0 Å². The molecule has 4 aromatic rings. The van der Waals surface area contributed by atoms with Gasteiger partial charge in [0, 0.05) is 34.4 Å². The number of aromatic amines is 1. The van der Waals surface area contributed by atoms with Gasteiger partial charge in [-0.05, 0) is 59.4 Å². The van der Waals surface area contributed by atoms with Crippen molar-refractivity contribution in [3.63, 3.8) is 0 Å². The van der Waals surface area contributed by atoms with Gasteiger partial charge in [0.25, 0.3) is 5.91 Å². The number of hydrogen-bond acceptors (Lipinski definition) is 2. The van der Waals surface area contributed by atoms with Crippen LogP contribution in [0.4, 0.5) is 5.69 Å². The van der Waals surface area contributed by atoms with E-state index < -0.39 is 0 Å². The fraction of sp³-hybridized carbons (Fsp3) is 0.182. The number of fused-ring (bicyclic) bond motifs is 1. The van der Waals surface area contributed by atoms with Crippen LogP contribution in [0.25, 0.3) is 22.0 Å². The van der Waals surface area contributed by atoms with Crippen molar-refractivity contribution in [1.29, 1.82) is 0 Å². The quantitative estimate of drug-likeness (QED) is 0.219. The fourth-order valence-corrected chi connectivity index (χ4v) is 4.34. The molecule has 0 bridgehead atoms. The van der Waals surface area contributed by atoms with Crippen LogP contribution in [0, 0.1) is 0 Å². The number of hydrogen-bond donors (Lipinski definition) is 3. The number of allylic oxidation sites excluding steroid dienone is 4. The van der Waals surface area contributed by atoms with Gasteiger partial charge in [0.2, 0.25) is 0 Å². The third-order valence-electron chi connectivity index (χ3n) is 6.31. The number of carbonyl (C=O) groups is 1. The van der Waals surface area contributed by atoms with Crippen molar-refractivity contribution in [2.45, 2.75) is 39.7 Å². The van der Waals surface area contributed by atoms with Crippen molar-refractivity contribution in [3.8, 4) is 11.1 Å². The second kappa shape index (κ2) is 11.2. The Kier molecular flexibility index (Phi) is 7.78. The number of benzene rings is 3. The predicted octanol–water partition coefficient (Wildman–Crippen LogP) is 8.12. The summed E-state index contributed by atoms with van der Waals surface area (Å²) >= 11 is 0. The summed E-state index contributed by atoms with van der Waals surface area (Å²) in [5.41, 5.74) is 7.65. The van der Waals surface area contributed by atoms with Gasteiger partial charge in [-0.3, -0.25) is 4.79 Å². The molecule has 0 saturated heterocycles. The van der Waals surface area contributed by atoms with Gasteiger partial charge < -0.3 is 15.6 Å². The van der Waals surface area contributed by atoms with Crippen molar-refractivity contribution in [1.82, 2.24) is 10.3 Å². The van der Waals surface area contributed by atoms with Crippen molar-refractivity contribution in [3.05, 3.63) is 126 Å². The standard InChI is InChI=1S/C33H35N3O/c1-6-11-26(12-7-2)35-32(37)31-30(24-13-9-8-10-14-24)28-21-27(19-20-29(28)36-31)34-22-23-15-17-25(18-16-23)33(3,4)5/h6-21,34,36H,1,22H2,2-5H3,(H,35,37)/b12-7-,26-11+. The molecule has 0 saturated carbocycles. The highest BCUT2D eigenvalue weighted by Gasteiger charge is 2.20. The van der Waals surface area contributed by atoms with E-state index in [-0.39, 0.29) is 11.3 Å². The van der Waals surface area contributed by atoms with Gasteiger partial charge in [0.05, 0.1) is 0 Å². The zero-order valence-electron chi connectivity index (χ0n) is 22.1. The predicted molar refractivity (Wildman–Crippen MR) is 157 cm³/mol. The zero-order chi connectivity index (χ0) is 26.4. The monoisotopic (exact) mass is 489 g/mol. The average molecular weight is 490 g/mol. The largest absolute Gasteiger partial charge is 0.381 e. The minimum atomic E-state index is -0.199. The molecule has 1 heterocycles. The number of rotatable bonds is 8. The molecule has 0 unspecified atom stereocenters. The Balaban J connectivity index is 1.67. The fourth-order valence-electron chi connectivity index (χ4n) is 4.34. The molecule has 4 rings (SSSR count). The number of amides is 1. The molecule has 4 nitrogen and oxygen atoms in total. The molecule has 188 valence electrons. The molecule has 0 atom stereocenters. The second-order valence-electron chi connectivity index (χ2n) is 10.1. The first-order chi connectivity index (χ1) is 17.8. The first-order valence-corrected chi connectivity index (χ1v) is 12.6. The van der Waals surface area contributed by atoms with Gasteiger partial charge in [-0.2, -0.15) is 0 Å². The summed E-state index contributed by atoms with van der Waals surface area (Å²) in [5.74, 6) is -0.199. The van der Waals surface area contributed by atoms with Crippen LogP contribution in [0.1, 0.15) is 49.3 Å². The van der Waals surface area contributed by atoms with Gasteiger partial charge in [0.1, 0.15) is 5.69 Å². The Bertz CT molecular complexity index is 1450. The van der Waals surface area contributed by atoms with E-state index in [1.807, 2.05) is 61.5 Å². The van der Waals surface area contributed by atoms with Crippen LogP contribution < -0.4 is 10.6 Å². The Morgan fingerprint density at radius 2 is 1.73 bits per heavy atom. The number of aromatic nitrogens is 1. The van der Waals surface area contributed by atoms with E-state index in [0.29, 0.717) is 17.9 Å². The summed E-state index contributed by atoms with van der Waals surface area (Å²) in [4.78, 5) is 16.8. The number of anilines is 1. The van der Waals surface area contributed by atoms with E-state index in [9.17, 15) is 4.79 Å². The summed E-state index contributed by atoms with van der Waals surface area (Å²) in [7, 11) is 0. The van der Waals surface area contributed by atoms with Gasteiger partial charge in [-0.1, -0.05) is 94.1 Å². The number of H-pyrrole nitrogens is 1. The molecular formula is C33H35N3O. The summed E-state index contributed by atoms with van der Waals surface area (Å²) in [6.45, 7) is 13.1. The third kappa shape index (κ3) is 6.10. The molecule has 0 aliphatic carbocycles. The smallest absolute Gasteiger partial charge is 0.272 e. The van der Waals surface area contributed by atoms with E-state index in [2.05, 4.69) is 73.3 Å². The lowest BCUT2D eigenvalue weighted by molar-refractivity contribution is 0.0963. The molecule has 0 radical (unpaired) electrons. The Labute approximate surface area is 219 Å². The number of nitrogens with one attached hydrogen (secondary N) is 3. The van der Waals surface area contributed by atoms with E-state index in [1.165, 1.54) is 11.1 Å². The van der Waals surface area contributed by atoms with E-state index >= 15 is 0 Å². The van der Waals surface area contributed by atoms with Crippen molar-refractivity contribution < 1.29 is 4.79 Å². The molecule has 0 spiro atoms. The van der Waals surface area contributed by atoms with Crippen molar-refractivity contribution >= 4 is 22.5 Å². The molecule has 3 N–H and O–H groups in total. The van der Waals surface area contributed by atoms with Crippen LogP contribution in [0.5, 0.6) is 0 Å². The summed E-state index contributed by atoms with van der Waals surface area (Å²) < 4.78 is 0. The Morgan fingerprint density at radius 3 is 2.38 bits per heavy atom.